The molecule has 17 rings (SSSR count). The Bertz CT molecular complexity index is 3520. The summed E-state index contributed by atoms with van der Waals surface area (Å²) in [5.74, 6) is 7.43. The Labute approximate surface area is 404 Å². The van der Waals surface area contributed by atoms with E-state index < -0.39 is 0 Å². The van der Waals surface area contributed by atoms with Crippen molar-refractivity contribution in [3.05, 3.63) is 168 Å². The quantitative estimate of drug-likeness (QED) is 0.160. The Kier molecular flexibility index (Phi) is 8.73. The Morgan fingerprint density at radius 1 is 0.420 bits per heavy atom. The van der Waals surface area contributed by atoms with Gasteiger partial charge in [-0.25, -0.2) is 15.0 Å². The van der Waals surface area contributed by atoms with E-state index in [0.717, 1.165) is 79.7 Å². The van der Waals surface area contributed by atoms with Crippen molar-refractivity contribution in [1.82, 2.24) is 19.5 Å². The molecule has 0 radical (unpaired) electrons. The molecule has 69 heavy (non-hydrogen) atoms. The van der Waals surface area contributed by atoms with Crippen LogP contribution in [0.4, 0.5) is 0 Å². The van der Waals surface area contributed by atoms with Gasteiger partial charge in [0.15, 0.2) is 17.5 Å². The Hall–Kier alpha value is -6.90. The summed E-state index contributed by atoms with van der Waals surface area (Å²) in [4.78, 5) is 15.9. The molecule has 8 bridgehead atoms. The second-order valence-corrected chi connectivity index (χ2v) is 22.8. The third kappa shape index (κ3) is 6.37. The summed E-state index contributed by atoms with van der Waals surface area (Å²) in [7, 11) is 0. The van der Waals surface area contributed by atoms with Crippen molar-refractivity contribution in [2.24, 2.45) is 35.5 Å². The standard InChI is InChI=1S/C64H55N5/c65-38-39-12-23-59-56(30-39)55-10-3-4-11-58(55)69(59)51-19-15-47(16-20-51)61-66-60(46-13-17-50(18-14-46)63-32-40-24-41(33-63)26-42(25-40)34-63)67-62(68-61)49-7-5-6-48(31-49)52-21-22-57(54-9-2-1-8-53(52)54)64-35-43-27-44(36-64)29-45(28-43)37-64/h1-23,30-31,40-45H,24-29,32-37H2. The predicted molar refractivity (Wildman–Crippen MR) is 278 cm³/mol. The molecule has 0 spiro atoms. The maximum atomic E-state index is 9.74. The normalized spacial score (nSPS) is 27.4. The van der Waals surface area contributed by atoms with Gasteiger partial charge in [-0.15, -0.1) is 0 Å². The second-order valence-electron chi connectivity index (χ2n) is 22.8. The fourth-order valence-electron chi connectivity index (χ4n) is 16.6. The average molecular weight is 894 g/mol. The van der Waals surface area contributed by atoms with Crippen LogP contribution in [0.3, 0.4) is 0 Å². The van der Waals surface area contributed by atoms with E-state index in [9.17, 15) is 5.26 Å². The third-order valence-electron chi connectivity index (χ3n) is 18.6. The third-order valence-corrected chi connectivity index (χ3v) is 18.6. The zero-order valence-electron chi connectivity index (χ0n) is 39.1. The second kappa shape index (κ2) is 15.0. The van der Waals surface area contributed by atoms with Gasteiger partial charge >= 0.3 is 0 Å². The van der Waals surface area contributed by atoms with Crippen molar-refractivity contribution < 1.29 is 0 Å². The molecular formula is C64H55N5. The number of nitrogens with zero attached hydrogens (tertiary/aromatic N) is 5. The molecule has 8 aliphatic rings. The largest absolute Gasteiger partial charge is 0.309 e. The fourth-order valence-corrected chi connectivity index (χ4v) is 16.6. The van der Waals surface area contributed by atoms with Crippen LogP contribution in [0.15, 0.2) is 152 Å². The number of rotatable bonds is 7. The van der Waals surface area contributed by atoms with Crippen LogP contribution in [-0.4, -0.2) is 19.5 Å². The summed E-state index contributed by atoms with van der Waals surface area (Å²) in [5, 5.41) is 14.7. The molecule has 5 nitrogen and oxygen atoms in total. The Morgan fingerprint density at radius 2 is 0.942 bits per heavy atom. The molecule has 8 aliphatic carbocycles. The number of hydrogen-bond donors (Lipinski definition) is 0. The van der Waals surface area contributed by atoms with Gasteiger partial charge in [-0.1, -0.05) is 97.1 Å². The fraction of sp³-hybridized carbons (Fsp3) is 0.312. The van der Waals surface area contributed by atoms with Crippen LogP contribution in [0, 0.1) is 46.8 Å². The molecule has 0 N–H and O–H groups in total. The van der Waals surface area contributed by atoms with Crippen LogP contribution in [0.25, 0.3) is 83.6 Å². The van der Waals surface area contributed by atoms with E-state index in [0.29, 0.717) is 33.9 Å². The minimum Gasteiger partial charge on any atom is -0.309 e. The van der Waals surface area contributed by atoms with E-state index in [1.54, 1.807) is 5.56 Å². The van der Waals surface area contributed by atoms with Gasteiger partial charge in [0.1, 0.15) is 0 Å². The SMILES string of the molecule is N#Cc1ccc2c(c1)c1ccccc1n2-c1ccc(-c2nc(-c3ccc(C45CC6CC(CC(C6)C4)C5)cc3)nc(-c3cccc(-c4ccc(C56CC7CC(CC(C7)C5)C6)c5ccccc45)c3)n2)cc1. The summed E-state index contributed by atoms with van der Waals surface area (Å²) >= 11 is 0. The Morgan fingerprint density at radius 3 is 1.57 bits per heavy atom. The number of fused-ring (bicyclic) bond motifs is 4. The van der Waals surface area contributed by atoms with Crippen molar-refractivity contribution in [2.45, 2.75) is 87.9 Å². The topological polar surface area (TPSA) is 67.4 Å². The predicted octanol–water partition coefficient (Wildman–Crippen LogP) is 15.6. The van der Waals surface area contributed by atoms with Gasteiger partial charge in [-0.3, -0.25) is 0 Å². The summed E-state index contributed by atoms with van der Waals surface area (Å²) in [5.41, 5.74) is 13.0. The van der Waals surface area contributed by atoms with E-state index in [2.05, 4.69) is 150 Å². The first kappa shape index (κ1) is 40.0. The highest BCUT2D eigenvalue weighted by atomic mass is 15.0. The first-order valence-corrected chi connectivity index (χ1v) is 26.0. The molecule has 9 aromatic rings. The smallest absolute Gasteiger partial charge is 0.164 e. The molecule has 8 saturated carbocycles. The van der Waals surface area contributed by atoms with Crippen LogP contribution >= 0.6 is 0 Å². The van der Waals surface area contributed by atoms with Crippen LogP contribution < -0.4 is 0 Å². The molecule has 0 unspecified atom stereocenters. The minimum absolute atomic E-state index is 0.323. The molecule has 2 aromatic heterocycles. The van der Waals surface area contributed by atoms with E-state index in [1.807, 2.05) is 12.1 Å². The highest BCUT2D eigenvalue weighted by Crippen LogP contribution is 2.63. The zero-order valence-corrected chi connectivity index (χ0v) is 39.1. The van der Waals surface area contributed by atoms with Crippen molar-refractivity contribution in [3.8, 4) is 57.0 Å². The monoisotopic (exact) mass is 893 g/mol. The summed E-state index contributed by atoms with van der Waals surface area (Å²) in [6, 6.07) is 57.8. The van der Waals surface area contributed by atoms with Crippen molar-refractivity contribution in [2.75, 3.05) is 0 Å². The van der Waals surface area contributed by atoms with Crippen molar-refractivity contribution in [3.63, 3.8) is 0 Å². The lowest BCUT2D eigenvalue weighted by Crippen LogP contribution is -2.48. The molecule has 5 heteroatoms. The molecule has 336 valence electrons. The number of hydrogen-bond acceptors (Lipinski definition) is 4. The molecule has 0 aliphatic heterocycles. The lowest BCUT2D eigenvalue weighted by molar-refractivity contribution is -0.00520. The summed E-state index contributed by atoms with van der Waals surface area (Å²) < 4.78 is 2.29. The molecule has 7 aromatic carbocycles. The van der Waals surface area contributed by atoms with Crippen molar-refractivity contribution >= 4 is 32.6 Å². The van der Waals surface area contributed by atoms with Gasteiger partial charge in [0.25, 0.3) is 0 Å². The van der Waals surface area contributed by atoms with E-state index in [4.69, 9.17) is 15.0 Å². The van der Waals surface area contributed by atoms with Crippen LogP contribution in [0.2, 0.25) is 0 Å². The van der Waals surface area contributed by atoms with Crippen molar-refractivity contribution in [1.29, 1.82) is 5.26 Å². The Balaban J connectivity index is 0.831. The molecular weight excluding hydrogens is 839 g/mol. The van der Waals surface area contributed by atoms with Gasteiger partial charge in [0, 0.05) is 33.2 Å². The van der Waals surface area contributed by atoms with Gasteiger partial charge in [-0.05, 0) is 211 Å². The summed E-state index contributed by atoms with van der Waals surface area (Å²) in [6.07, 6.45) is 16.8. The van der Waals surface area contributed by atoms with Gasteiger partial charge in [0.05, 0.1) is 22.7 Å². The van der Waals surface area contributed by atoms with Crippen LogP contribution in [-0.2, 0) is 10.8 Å². The molecule has 0 amide bonds. The minimum atomic E-state index is 0.323. The van der Waals surface area contributed by atoms with E-state index in [-0.39, 0.29) is 0 Å². The molecule has 2 heterocycles. The lowest BCUT2D eigenvalue weighted by Gasteiger charge is -2.57. The van der Waals surface area contributed by atoms with Gasteiger partial charge in [-0.2, -0.15) is 5.26 Å². The first-order valence-electron chi connectivity index (χ1n) is 26.0. The maximum Gasteiger partial charge on any atom is 0.164 e. The van der Waals surface area contributed by atoms with Crippen LogP contribution in [0.5, 0.6) is 0 Å². The van der Waals surface area contributed by atoms with E-state index in [1.165, 1.54) is 105 Å². The van der Waals surface area contributed by atoms with Gasteiger partial charge in [0.2, 0.25) is 0 Å². The maximum absolute atomic E-state index is 9.74. The highest BCUT2D eigenvalue weighted by molar-refractivity contribution is 6.09. The molecule has 0 atom stereocenters. The number of benzene rings is 7. The molecule has 0 saturated heterocycles. The lowest BCUT2D eigenvalue weighted by atomic mass is 9.47. The average Bonchev–Trinajstić information content (AvgIpc) is 3.71. The zero-order chi connectivity index (χ0) is 45.4. The number of para-hydroxylation sites is 1. The number of nitriles is 1. The van der Waals surface area contributed by atoms with Gasteiger partial charge < -0.3 is 4.57 Å². The highest BCUT2D eigenvalue weighted by Gasteiger charge is 2.53. The number of aromatic nitrogens is 4. The van der Waals surface area contributed by atoms with Crippen LogP contribution in [0.1, 0.15) is 93.7 Å². The first-order chi connectivity index (χ1) is 33.9. The van der Waals surface area contributed by atoms with E-state index >= 15 is 0 Å². The molecule has 8 fully saturated rings. The summed E-state index contributed by atoms with van der Waals surface area (Å²) in [6.45, 7) is 0.